The fourth-order valence-corrected chi connectivity index (χ4v) is 5.53. The molecule has 1 aromatic rings. The van der Waals surface area contributed by atoms with Crippen molar-refractivity contribution < 1.29 is 9.59 Å². The molecule has 4 bridgehead atoms. The van der Waals surface area contributed by atoms with Crippen molar-refractivity contribution >= 4 is 11.8 Å². The fraction of sp³-hybridized carbons (Fsp3) is 0.611. The molecule has 4 saturated carbocycles. The van der Waals surface area contributed by atoms with Crippen molar-refractivity contribution in [2.45, 2.75) is 38.1 Å². The third-order valence-electron chi connectivity index (χ3n) is 6.21. The van der Waals surface area contributed by atoms with Gasteiger partial charge in [-0.05, 0) is 67.9 Å². The van der Waals surface area contributed by atoms with Crippen LogP contribution < -0.4 is 5.73 Å². The van der Waals surface area contributed by atoms with Crippen LogP contribution in [0.5, 0.6) is 0 Å². The number of pyridine rings is 1. The summed E-state index contributed by atoms with van der Waals surface area (Å²) in [5, 5.41) is 0. The molecule has 4 aliphatic rings. The van der Waals surface area contributed by atoms with E-state index in [-0.39, 0.29) is 11.6 Å². The first-order valence-corrected chi connectivity index (χ1v) is 8.56. The van der Waals surface area contributed by atoms with Gasteiger partial charge in [0.15, 0.2) is 0 Å². The summed E-state index contributed by atoms with van der Waals surface area (Å²) in [5.74, 6) is 2.56. The number of nitrogens with zero attached hydrogens (tertiary/aromatic N) is 2. The molecule has 0 aromatic carbocycles. The van der Waals surface area contributed by atoms with Crippen LogP contribution in [0.3, 0.4) is 0 Å². The van der Waals surface area contributed by atoms with Gasteiger partial charge in [0.05, 0.1) is 5.56 Å². The van der Waals surface area contributed by atoms with Crippen LogP contribution >= 0.6 is 0 Å². The van der Waals surface area contributed by atoms with Crippen molar-refractivity contribution in [2.24, 2.45) is 29.4 Å². The number of amides is 2. The van der Waals surface area contributed by atoms with E-state index in [1.165, 1.54) is 44.4 Å². The summed E-state index contributed by atoms with van der Waals surface area (Å²) in [7, 11) is 1.93. The standard InChI is InChI=1S/C18H23N3O2/c1-21(18(23)12-2-3-15(17(19)22)20-9-12)16-13-5-10-4-11(7-13)8-14(16)6-10/h2-3,9-11,13-14,16H,4-8H2,1H3,(H2,19,22). The third-order valence-corrected chi connectivity index (χ3v) is 6.21. The Morgan fingerprint density at radius 2 is 1.70 bits per heavy atom. The highest BCUT2D eigenvalue weighted by atomic mass is 16.2. The van der Waals surface area contributed by atoms with Crippen molar-refractivity contribution in [3.63, 3.8) is 0 Å². The van der Waals surface area contributed by atoms with Crippen LogP contribution in [0.25, 0.3) is 0 Å². The van der Waals surface area contributed by atoms with Gasteiger partial charge >= 0.3 is 0 Å². The van der Waals surface area contributed by atoms with Crippen LogP contribution in [0, 0.1) is 23.7 Å². The lowest BCUT2D eigenvalue weighted by Gasteiger charge is -2.56. The zero-order chi connectivity index (χ0) is 16.1. The second-order valence-electron chi connectivity index (χ2n) is 7.63. The minimum absolute atomic E-state index is 0.00555. The van der Waals surface area contributed by atoms with Gasteiger partial charge in [-0.25, -0.2) is 0 Å². The molecule has 0 aliphatic heterocycles. The van der Waals surface area contributed by atoms with Crippen molar-refractivity contribution in [3.05, 3.63) is 29.6 Å². The van der Waals surface area contributed by atoms with Crippen LogP contribution in [0.15, 0.2) is 18.3 Å². The molecule has 1 aromatic heterocycles. The van der Waals surface area contributed by atoms with E-state index in [2.05, 4.69) is 4.98 Å². The lowest BCUT2D eigenvalue weighted by Crippen LogP contribution is -2.56. The largest absolute Gasteiger partial charge is 0.364 e. The molecule has 1 heterocycles. The second kappa shape index (κ2) is 5.32. The molecular formula is C18H23N3O2. The Morgan fingerprint density at radius 1 is 1.09 bits per heavy atom. The molecule has 23 heavy (non-hydrogen) atoms. The van der Waals surface area contributed by atoms with Gasteiger partial charge < -0.3 is 10.6 Å². The van der Waals surface area contributed by atoms with E-state index in [1.54, 1.807) is 6.07 Å². The normalized spacial score (nSPS) is 34.4. The lowest BCUT2D eigenvalue weighted by molar-refractivity contribution is -0.0491. The minimum Gasteiger partial charge on any atom is -0.364 e. The average molecular weight is 313 g/mol. The summed E-state index contributed by atoms with van der Waals surface area (Å²) in [6.07, 6.45) is 8.02. The van der Waals surface area contributed by atoms with Crippen LogP contribution in [0.2, 0.25) is 0 Å². The van der Waals surface area contributed by atoms with Gasteiger partial charge in [0.2, 0.25) is 0 Å². The maximum atomic E-state index is 12.8. The highest BCUT2D eigenvalue weighted by molar-refractivity contribution is 5.95. The number of nitrogens with two attached hydrogens (primary N) is 1. The van der Waals surface area contributed by atoms with Gasteiger partial charge in [-0.2, -0.15) is 0 Å². The zero-order valence-electron chi connectivity index (χ0n) is 13.4. The van der Waals surface area contributed by atoms with Gasteiger partial charge in [-0.3, -0.25) is 14.6 Å². The topological polar surface area (TPSA) is 76.3 Å². The minimum atomic E-state index is -0.571. The van der Waals surface area contributed by atoms with E-state index in [1.807, 2.05) is 11.9 Å². The number of primary amides is 1. The lowest BCUT2D eigenvalue weighted by atomic mass is 9.54. The monoisotopic (exact) mass is 313 g/mol. The maximum Gasteiger partial charge on any atom is 0.267 e. The SMILES string of the molecule is CN(C(=O)c1ccc(C(N)=O)nc1)C1C2CC3CC(C2)CC1C3. The molecule has 2 amide bonds. The highest BCUT2D eigenvalue weighted by Gasteiger charge is 2.50. The molecular weight excluding hydrogens is 290 g/mol. The Labute approximate surface area is 136 Å². The van der Waals surface area contributed by atoms with Gasteiger partial charge in [0.1, 0.15) is 5.69 Å². The molecule has 5 heteroatoms. The van der Waals surface area contributed by atoms with E-state index in [4.69, 9.17) is 5.73 Å². The van der Waals surface area contributed by atoms with E-state index < -0.39 is 5.91 Å². The molecule has 122 valence electrons. The van der Waals surface area contributed by atoms with E-state index in [9.17, 15) is 9.59 Å². The maximum absolute atomic E-state index is 12.8. The van der Waals surface area contributed by atoms with Crippen LogP contribution in [-0.4, -0.2) is 34.8 Å². The predicted molar refractivity (Wildman–Crippen MR) is 85.7 cm³/mol. The Morgan fingerprint density at radius 3 is 2.17 bits per heavy atom. The van der Waals surface area contributed by atoms with E-state index in [0.717, 1.165) is 11.8 Å². The quantitative estimate of drug-likeness (QED) is 0.928. The van der Waals surface area contributed by atoms with Crippen LogP contribution in [0.1, 0.15) is 53.0 Å². The summed E-state index contributed by atoms with van der Waals surface area (Å²) in [6, 6.07) is 3.55. The smallest absolute Gasteiger partial charge is 0.267 e. The number of carbonyl (C=O) groups is 2. The van der Waals surface area contributed by atoms with E-state index in [0.29, 0.717) is 23.4 Å². The summed E-state index contributed by atoms with van der Waals surface area (Å²) in [5.41, 5.74) is 5.93. The van der Waals surface area contributed by atoms with Crippen molar-refractivity contribution in [1.82, 2.24) is 9.88 Å². The number of hydrogen-bond donors (Lipinski definition) is 1. The van der Waals surface area contributed by atoms with Gasteiger partial charge in [0.25, 0.3) is 11.8 Å². The van der Waals surface area contributed by atoms with E-state index >= 15 is 0 Å². The first kappa shape index (κ1) is 14.7. The molecule has 0 saturated heterocycles. The van der Waals surface area contributed by atoms with Crippen molar-refractivity contribution in [2.75, 3.05) is 7.05 Å². The molecule has 0 radical (unpaired) electrons. The molecule has 4 fully saturated rings. The molecule has 0 atom stereocenters. The van der Waals surface area contributed by atoms with Crippen molar-refractivity contribution in [3.8, 4) is 0 Å². The van der Waals surface area contributed by atoms with Crippen molar-refractivity contribution in [1.29, 1.82) is 0 Å². The summed E-state index contributed by atoms with van der Waals surface area (Å²) < 4.78 is 0. The Balaban J connectivity index is 1.53. The molecule has 5 nitrogen and oxygen atoms in total. The number of carbonyl (C=O) groups excluding carboxylic acids is 2. The average Bonchev–Trinajstić information content (AvgIpc) is 2.53. The fourth-order valence-electron chi connectivity index (χ4n) is 5.53. The van der Waals surface area contributed by atoms with Crippen LogP contribution in [0.4, 0.5) is 0 Å². The van der Waals surface area contributed by atoms with Crippen LogP contribution in [-0.2, 0) is 0 Å². The number of rotatable bonds is 3. The summed E-state index contributed by atoms with van der Waals surface area (Å²) >= 11 is 0. The highest BCUT2D eigenvalue weighted by Crippen LogP contribution is 2.55. The molecule has 5 rings (SSSR count). The summed E-state index contributed by atoms with van der Waals surface area (Å²) in [6.45, 7) is 0. The summed E-state index contributed by atoms with van der Waals surface area (Å²) in [4.78, 5) is 29.8. The zero-order valence-corrected chi connectivity index (χ0v) is 13.4. The first-order valence-electron chi connectivity index (χ1n) is 8.56. The first-order chi connectivity index (χ1) is 11.0. The Kier molecular flexibility index (Phi) is 3.39. The Bertz CT molecular complexity index is 612. The molecule has 0 unspecified atom stereocenters. The number of aromatic nitrogens is 1. The Hall–Kier alpha value is -1.91. The molecule has 4 aliphatic carbocycles. The van der Waals surface area contributed by atoms with Gasteiger partial charge in [-0.1, -0.05) is 0 Å². The van der Waals surface area contributed by atoms with Gasteiger partial charge in [0, 0.05) is 19.3 Å². The third kappa shape index (κ3) is 2.42. The predicted octanol–water partition coefficient (Wildman–Crippen LogP) is 2.08. The second-order valence-corrected chi connectivity index (χ2v) is 7.63. The van der Waals surface area contributed by atoms with Gasteiger partial charge in [-0.15, -0.1) is 0 Å². The molecule has 0 spiro atoms. The number of hydrogen-bond acceptors (Lipinski definition) is 3. The molecule has 2 N–H and O–H groups in total.